The highest BCUT2D eigenvalue weighted by Crippen LogP contribution is 2.23. The first-order valence-electron chi connectivity index (χ1n) is 4.82. The lowest BCUT2D eigenvalue weighted by atomic mass is 10.2. The molecule has 1 heterocycles. The molecule has 1 aromatic heterocycles. The van der Waals surface area contributed by atoms with Crippen LogP contribution in [-0.2, 0) is 0 Å². The Hall–Kier alpha value is -2.99. The van der Waals surface area contributed by atoms with Gasteiger partial charge in [0.15, 0.2) is 17.3 Å². The van der Waals surface area contributed by atoms with Gasteiger partial charge in [-0.1, -0.05) is 0 Å². The monoisotopic (exact) mass is 240 g/mol. The third-order valence-corrected chi connectivity index (χ3v) is 2.02. The predicted octanol–water partition coefficient (Wildman–Crippen LogP) is 2.15. The highest BCUT2D eigenvalue weighted by molar-refractivity contribution is 5.37. The van der Waals surface area contributed by atoms with Gasteiger partial charge in [0.25, 0.3) is 0 Å². The summed E-state index contributed by atoms with van der Waals surface area (Å²) in [5.74, 6) is -0.661. The van der Waals surface area contributed by atoms with E-state index in [1.54, 1.807) is 6.07 Å². The normalized spacial score (nSPS) is 9.28. The van der Waals surface area contributed by atoms with E-state index in [0.717, 1.165) is 6.07 Å². The van der Waals surface area contributed by atoms with Gasteiger partial charge < -0.3 is 4.74 Å². The summed E-state index contributed by atoms with van der Waals surface area (Å²) in [5, 5.41) is 17.1. The van der Waals surface area contributed by atoms with Gasteiger partial charge in [-0.3, -0.25) is 0 Å². The molecule has 6 heteroatoms. The Bertz CT molecular complexity index is 655. The maximum atomic E-state index is 13.5. The minimum absolute atomic E-state index is 0.0620. The van der Waals surface area contributed by atoms with Gasteiger partial charge in [-0.25, -0.2) is 14.4 Å². The van der Waals surface area contributed by atoms with Crippen LogP contribution < -0.4 is 4.74 Å². The molecule has 5 nitrogen and oxygen atoms in total. The van der Waals surface area contributed by atoms with Crippen LogP contribution in [-0.4, -0.2) is 9.97 Å². The summed E-state index contributed by atoms with van der Waals surface area (Å²) in [6.45, 7) is 0. The average Bonchev–Trinajstić information content (AvgIpc) is 2.42. The van der Waals surface area contributed by atoms with E-state index in [1.807, 2.05) is 6.07 Å². The van der Waals surface area contributed by atoms with Crippen LogP contribution in [0.2, 0.25) is 0 Å². The second kappa shape index (κ2) is 4.89. The summed E-state index contributed by atoms with van der Waals surface area (Å²) < 4.78 is 18.6. The Balaban J connectivity index is 2.24. The van der Waals surface area contributed by atoms with Crippen molar-refractivity contribution in [3.63, 3.8) is 0 Å². The first-order valence-corrected chi connectivity index (χ1v) is 4.82. The number of benzene rings is 1. The zero-order valence-electron chi connectivity index (χ0n) is 8.96. The number of ether oxygens (including phenoxy) is 1. The van der Waals surface area contributed by atoms with E-state index in [1.165, 1.54) is 24.5 Å². The topological polar surface area (TPSA) is 82.6 Å². The van der Waals surface area contributed by atoms with Crippen molar-refractivity contribution >= 4 is 0 Å². The quantitative estimate of drug-likeness (QED) is 0.803. The van der Waals surface area contributed by atoms with Gasteiger partial charge in [0.05, 0.1) is 24.0 Å². The van der Waals surface area contributed by atoms with Crippen LogP contribution in [0.25, 0.3) is 0 Å². The standard InChI is InChI=1S/C12H5FN4O/c13-10-3-8(4-14)1-2-11(10)18-12-7-16-9(5-15)6-17-12/h1-3,6-7H. The van der Waals surface area contributed by atoms with E-state index in [2.05, 4.69) is 9.97 Å². The number of hydrogen-bond donors (Lipinski definition) is 0. The van der Waals surface area contributed by atoms with Crippen LogP contribution in [0.5, 0.6) is 11.6 Å². The third-order valence-electron chi connectivity index (χ3n) is 2.02. The molecule has 0 spiro atoms. The molecular weight excluding hydrogens is 235 g/mol. The van der Waals surface area contributed by atoms with Crippen LogP contribution in [0.3, 0.4) is 0 Å². The van der Waals surface area contributed by atoms with E-state index in [0.29, 0.717) is 0 Å². The second-order valence-electron chi connectivity index (χ2n) is 3.21. The largest absolute Gasteiger partial charge is 0.434 e. The van der Waals surface area contributed by atoms with E-state index in [9.17, 15) is 4.39 Å². The zero-order chi connectivity index (χ0) is 13.0. The lowest BCUT2D eigenvalue weighted by Crippen LogP contribution is -1.93. The van der Waals surface area contributed by atoms with Gasteiger partial charge in [0.1, 0.15) is 6.07 Å². The Morgan fingerprint density at radius 3 is 2.50 bits per heavy atom. The lowest BCUT2D eigenvalue weighted by Gasteiger charge is -2.04. The summed E-state index contributed by atoms with van der Waals surface area (Å²) in [7, 11) is 0. The van der Waals surface area contributed by atoms with Crippen molar-refractivity contribution in [3.05, 3.63) is 47.7 Å². The fourth-order valence-corrected chi connectivity index (χ4v) is 1.19. The van der Waals surface area contributed by atoms with Gasteiger partial charge in [-0.15, -0.1) is 0 Å². The number of hydrogen-bond acceptors (Lipinski definition) is 5. The molecule has 1 aromatic carbocycles. The zero-order valence-corrected chi connectivity index (χ0v) is 8.96. The SMILES string of the molecule is N#Cc1ccc(Oc2cnc(C#N)cn2)c(F)c1. The first kappa shape index (κ1) is 11.5. The number of nitrogens with zero attached hydrogens (tertiary/aromatic N) is 4. The minimum Gasteiger partial charge on any atom is -0.434 e. The molecule has 0 fully saturated rings. The third kappa shape index (κ3) is 2.39. The molecule has 0 saturated heterocycles. The molecule has 0 radical (unpaired) electrons. The smallest absolute Gasteiger partial charge is 0.238 e. The highest BCUT2D eigenvalue weighted by atomic mass is 19.1. The van der Waals surface area contributed by atoms with Crippen molar-refractivity contribution in [2.75, 3.05) is 0 Å². The van der Waals surface area contributed by atoms with E-state index in [-0.39, 0.29) is 22.9 Å². The summed E-state index contributed by atoms with van der Waals surface area (Å²) in [5.41, 5.74) is 0.341. The fourth-order valence-electron chi connectivity index (χ4n) is 1.19. The molecule has 0 saturated carbocycles. The van der Waals surface area contributed by atoms with Crippen LogP contribution in [0, 0.1) is 28.5 Å². The molecule has 0 atom stereocenters. The van der Waals surface area contributed by atoms with E-state index in [4.69, 9.17) is 15.3 Å². The molecule has 0 bridgehead atoms. The molecule has 2 aromatic rings. The Labute approximate surface area is 102 Å². The van der Waals surface area contributed by atoms with Crippen LogP contribution in [0.15, 0.2) is 30.6 Å². The fraction of sp³-hybridized carbons (Fsp3) is 0. The molecule has 86 valence electrons. The van der Waals surface area contributed by atoms with Gasteiger partial charge >= 0.3 is 0 Å². The summed E-state index contributed by atoms with van der Waals surface area (Å²) in [6.07, 6.45) is 2.44. The number of nitriles is 2. The second-order valence-corrected chi connectivity index (χ2v) is 3.21. The summed E-state index contributed by atoms with van der Waals surface area (Å²) >= 11 is 0. The van der Waals surface area contributed by atoms with Gasteiger partial charge in [0, 0.05) is 0 Å². The van der Waals surface area contributed by atoms with E-state index >= 15 is 0 Å². The van der Waals surface area contributed by atoms with E-state index < -0.39 is 5.82 Å². The van der Waals surface area contributed by atoms with Crippen molar-refractivity contribution in [1.29, 1.82) is 10.5 Å². The van der Waals surface area contributed by atoms with Crippen LogP contribution >= 0.6 is 0 Å². The number of aromatic nitrogens is 2. The molecule has 0 unspecified atom stereocenters. The average molecular weight is 240 g/mol. The van der Waals surface area contributed by atoms with Crippen molar-refractivity contribution in [3.8, 4) is 23.8 Å². The predicted molar refractivity (Wildman–Crippen MR) is 57.9 cm³/mol. The molecule has 0 amide bonds. The van der Waals surface area contributed by atoms with Gasteiger partial charge in [-0.2, -0.15) is 10.5 Å². The van der Waals surface area contributed by atoms with Crippen molar-refractivity contribution in [1.82, 2.24) is 9.97 Å². The molecular formula is C12H5FN4O. The Kier molecular flexibility index (Phi) is 3.13. The lowest BCUT2D eigenvalue weighted by molar-refractivity contribution is 0.425. The first-order chi connectivity index (χ1) is 8.72. The molecule has 0 aliphatic heterocycles. The molecule has 0 aliphatic carbocycles. The van der Waals surface area contributed by atoms with Gasteiger partial charge in [0.2, 0.25) is 5.88 Å². The molecule has 18 heavy (non-hydrogen) atoms. The number of halogens is 1. The molecule has 0 aliphatic rings. The highest BCUT2D eigenvalue weighted by Gasteiger charge is 2.07. The molecule has 2 rings (SSSR count). The van der Waals surface area contributed by atoms with Crippen molar-refractivity contribution < 1.29 is 9.13 Å². The van der Waals surface area contributed by atoms with Gasteiger partial charge in [-0.05, 0) is 18.2 Å². The van der Waals surface area contributed by atoms with Crippen LogP contribution in [0.1, 0.15) is 11.3 Å². The Morgan fingerprint density at radius 2 is 1.94 bits per heavy atom. The molecule has 0 N–H and O–H groups in total. The maximum absolute atomic E-state index is 13.5. The van der Waals surface area contributed by atoms with Crippen LogP contribution in [0.4, 0.5) is 4.39 Å². The number of rotatable bonds is 2. The minimum atomic E-state index is -0.666. The van der Waals surface area contributed by atoms with Crippen molar-refractivity contribution in [2.45, 2.75) is 0 Å². The maximum Gasteiger partial charge on any atom is 0.238 e. The summed E-state index contributed by atoms with van der Waals surface area (Å²) in [6, 6.07) is 7.43. The summed E-state index contributed by atoms with van der Waals surface area (Å²) in [4.78, 5) is 7.52. The van der Waals surface area contributed by atoms with Crippen molar-refractivity contribution in [2.24, 2.45) is 0 Å². The Morgan fingerprint density at radius 1 is 1.11 bits per heavy atom.